The number of benzene rings is 1. The Hall–Kier alpha value is -3.04. The molecule has 3 aromatic rings. The van der Waals surface area contributed by atoms with Crippen LogP contribution in [-0.4, -0.2) is 38.2 Å². The molecular weight excluding hydrogens is 428 g/mol. The lowest BCUT2D eigenvalue weighted by Crippen LogP contribution is -2.39. The minimum absolute atomic E-state index is 0.385. The van der Waals surface area contributed by atoms with Crippen molar-refractivity contribution in [3.8, 4) is 16.3 Å². The Morgan fingerprint density at radius 2 is 1.94 bits per heavy atom. The summed E-state index contributed by atoms with van der Waals surface area (Å²) in [7, 11) is 1.56. The van der Waals surface area contributed by atoms with Crippen LogP contribution in [-0.2, 0) is 10.4 Å². The minimum Gasteiger partial charge on any atom is -0.481 e. The van der Waals surface area contributed by atoms with E-state index in [1.807, 2.05) is 19.1 Å². The van der Waals surface area contributed by atoms with Crippen molar-refractivity contribution in [2.24, 2.45) is 5.41 Å². The normalized spacial score (nSPS) is 23.0. The van der Waals surface area contributed by atoms with Crippen molar-refractivity contribution in [2.75, 3.05) is 12.4 Å². The molecule has 168 valence electrons. The predicted octanol–water partition coefficient (Wildman–Crippen LogP) is 4.51. The molecule has 0 aliphatic heterocycles. The minimum atomic E-state index is -1.09. The molecule has 0 saturated heterocycles. The molecule has 2 heterocycles. The van der Waals surface area contributed by atoms with Gasteiger partial charge in [-0.25, -0.2) is 9.97 Å². The second-order valence-corrected chi connectivity index (χ2v) is 9.59. The molecule has 1 aliphatic carbocycles. The summed E-state index contributed by atoms with van der Waals surface area (Å²) >= 11 is 1.44. The van der Waals surface area contributed by atoms with Crippen LogP contribution in [0.25, 0.3) is 10.4 Å². The average molecular weight is 455 g/mol. The van der Waals surface area contributed by atoms with Gasteiger partial charge in [0.1, 0.15) is 10.6 Å². The molecule has 2 aromatic heterocycles. The zero-order chi connectivity index (χ0) is 22.9. The quantitative estimate of drug-likeness (QED) is 0.498. The van der Waals surface area contributed by atoms with Gasteiger partial charge in [0.05, 0.1) is 17.4 Å². The van der Waals surface area contributed by atoms with Crippen LogP contribution >= 0.6 is 11.3 Å². The third-order valence-electron chi connectivity index (χ3n) is 6.06. The van der Waals surface area contributed by atoms with Gasteiger partial charge in [-0.2, -0.15) is 4.98 Å². The third kappa shape index (κ3) is 4.44. The van der Waals surface area contributed by atoms with Gasteiger partial charge in [0.15, 0.2) is 0 Å². The lowest BCUT2D eigenvalue weighted by atomic mass is 9.70. The van der Waals surface area contributed by atoms with Crippen LogP contribution in [0.5, 0.6) is 5.88 Å². The number of ether oxygens (including phenoxy) is 1. The zero-order valence-electron chi connectivity index (χ0n) is 18.3. The fourth-order valence-corrected chi connectivity index (χ4v) is 4.96. The molecule has 9 heteroatoms. The molecule has 1 fully saturated rings. The van der Waals surface area contributed by atoms with Gasteiger partial charge < -0.3 is 20.3 Å². The monoisotopic (exact) mass is 454 g/mol. The van der Waals surface area contributed by atoms with E-state index in [1.54, 1.807) is 32.5 Å². The van der Waals surface area contributed by atoms with E-state index in [1.165, 1.54) is 11.3 Å². The van der Waals surface area contributed by atoms with E-state index in [2.05, 4.69) is 26.3 Å². The molecule has 0 amide bonds. The number of rotatable bonds is 6. The number of nitrogens with zero attached hydrogens (tertiary/aromatic N) is 3. The van der Waals surface area contributed by atoms with Crippen LogP contribution in [0.4, 0.5) is 11.6 Å². The first-order valence-electron chi connectivity index (χ1n) is 10.4. The summed E-state index contributed by atoms with van der Waals surface area (Å²) in [6, 6.07) is 7.72. The smallest absolute Gasteiger partial charge is 0.309 e. The third-order valence-corrected chi connectivity index (χ3v) is 7.30. The van der Waals surface area contributed by atoms with Crippen LogP contribution in [0.3, 0.4) is 0 Å². The number of carboxylic acids is 1. The highest BCUT2D eigenvalue weighted by Gasteiger charge is 2.45. The molecule has 4 rings (SSSR count). The van der Waals surface area contributed by atoms with Gasteiger partial charge in [-0.05, 0) is 62.8 Å². The van der Waals surface area contributed by atoms with Crippen LogP contribution in [0.1, 0.15) is 43.2 Å². The first-order valence-corrected chi connectivity index (χ1v) is 11.2. The summed E-state index contributed by atoms with van der Waals surface area (Å²) < 4.78 is 5.15. The van der Waals surface area contributed by atoms with Crippen LogP contribution in [0.15, 0.2) is 36.7 Å². The summed E-state index contributed by atoms with van der Waals surface area (Å²) in [6.45, 7) is 3.75. The van der Waals surface area contributed by atoms with Gasteiger partial charge >= 0.3 is 5.97 Å². The number of hydrogen-bond donors (Lipinski definition) is 3. The SMILES string of the molecule is COc1ccnc(Nc2cc(C)cc(-c3cnc([C@]4(O)CC[C@@](C)(C(=O)O)CC4)s3)c2)n1. The van der Waals surface area contributed by atoms with Crippen LogP contribution in [0, 0.1) is 12.3 Å². The second-order valence-electron chi connectivity index (χ2n) is 8.56. The summed E-state index contributed by atoms with van der Waals surface area (Å²) in [5.41, 5.74) is 0.977. The van der Waals surface area contributed by atoms with Gasteiger partial charge in [-0.1, -0.05) is 6.07 Å². The van der Waals surface area contributed by atoms with Gasteiger partial charge in [0.2, 0.25) is 11.8 Å². The number of carbonyl (C=O) groups is 1. The standard InChI is InChI=1S/C23H26N4O4S/c1-14-10-15(12-16(11-14)26-21-24-9-4-18(27-21)31-3)17-13-25-19(32-17)23(30)7-5-22(2,6-8-23)20(28)29/h4,9-13,30H,5-8H2,1-3H3,(H,28,29)(H,24,26,27)/t22-,23+. The van der Waals surface area contributed by atoms with Crippen molar-refractivity contribution in [1.29, 1.82) is 0 Å². The zero-order valence-corrected chi connectivity index (χ0v) is 19.1. The second kappa shape index (κ2) is 8.48. The Morgan fingerprint density at radius 3 is 2.62 bits per heavy atom. The van der Waals surface area contributed by atoms with Gasteiger partial charge in [-0.15, -0.1) is 11.3 Å². The van der Waals surface area contributed by atoms with E-state index < -0.39 is 17.0 Å². The molecule has 0 bridgehead atoms. The first-order chi connectivity index (χ1) is 15.2. The Labute approximate surface area is 190 Å². The topological polar surface area (TPSA) is 117 Å². The molecule has 8 nitrogen and oxygen atoms in total. The van der Waals surface area contributed by atoms with Gasteiger partial charge in [0.25, 0.3) is 0 Å². The van der Waals surface area contributed by atoms with Crippen molar-refractivity contribution in [3.63, 3.8) is 0 Å². The predicted molar refractivity (Wildman–Crippen MR) is 122 cm³/mol. The highest BCUT2D eigenvalue weighted by atomic mass is 32.1. The number of methoxy groups -OCH3 is 1. The van der Waals surface area contributed by atoms with E-state index in [0.717, 1.165) is 21.7 Å². The molecule has 0 radical (unpaired) electrons. The number of aromatic nitrogens is 3. The number of carboxylic acid groups (broad SMARTS) is 1. The Morgan fingerprint density at radius 1 is 1.19 bits per heavy atom. The molecule has 0 spiro atoms. The number of hydrogen-bond acceptors (Lipinski definition) is 8. The molecule has 1 aromatic carbocycles. The van der Waals surface area contributed by atoms with E-state index in [0.29, 0.717) is 42.5 Å². The maximum atomic E-state index is 11.5. The lowest BCUT2D eigenvalue weighted by Gasteiger charge is -2.38. The first kappa shape index (κ1) is 22.2. The number of nitrogens with one attached hydrogen (secondary N) is 1. The Kier molecular flexibility index (Phi) is 5.87. The largest absolute Gasteiger partial charge is 0.481 e. The summed E-state index contributed by atoms with van der Waals surface area (Å²) in [6.07, 6.45) is 5.01. The molecule has 0 unspecified atom stereocenters. The van der Waals surface area contributed by atoms with Crippen molar-refractivity contribution >= 4 is 28.9 Å². The van der Waals surface area contributed by atoms with Crippen molar-refractivity contribution in [2.45, 2.75) is 45.1 Å². The summed E-state index contributed by atoms with van der Waals surface area (Å²) in [5, 5.41) is 24.5. The van der Waals surface area contributed by atoms with Gasteiger partial charge in [0, 0.05) is 24.1 Å². The lowest BCUT2D eigenvalue weighted by molar-refractivity contribution is -0.153. The molecule has 32 heavy (non-hydrogen) atoms. The highest BCUT2D eigenvalue weighted by molar-refractivity contribution is 7.15. The summed E-state index contributed by atoms with van der Waals surface area (Å²) in [4.78, 5) is 25.5. The fourth-order valence-electron chi connectivity index (χ4n) is 3.91. The van der Waals surface area contributed by atoms with E-state index in [-0.39, 0.29) is 0 Å². The van der Waals surface area contributed by atoms with E-state index in [9.17, 15) is 15.0 Å². The molecule has 3 N–H and O–H groups in total. The maximum Gasteiger partial charge on any atom is 0.309 e. The van der Waals surface area contributed by atoms with Gasteiger partial charge in [-0.3, -0.25) is 4.79 Å². The number of aliphatic carboxylic acids is 1. The van der Waals surface area contributed by atoms with Crippen molar-refractivity contribution in [3.05, 3.63) is 47.2 Å². The van der Waals surface area contributed by atoms with Crippen LogP contribution in [0.2, 0.25) is 0 Å². The fraction of sp³-hybridized carbons (Fsp3) is 0.391. The number of aryl methyl sites for hydroxylation is 1. The number of aliphatic hydroxyl groups is 1. The highest BCUT2D eigenvalue weighted by Crippen LogP contribution is 2.47. The Bertz CT molecular complexity index is 1140. The molecule has 0 atom stereocenters. The number of anilines is 2. The van der Waals surface area contributed by atoms with Crippen molar-refractivity contribution < 1.29 is 19.7 Å². The van der Waals surface area contributed by atoms with E-state index >= 15 is 0 Å². The molecular formula is C23H26N4O4S. The molecule has 1 saturated carbocycles. The Balaban J connectivity index is 1.56. The maximum absolute atomic E-state index is 11.5. The number of thiazole rings is 1. The summed E-state index contributed by atoms with van der Waals surface area (Å²) in [5.74, 6) is 0.102. The van der Waals surface area contributed by atoms with E-state index in [4.69, 9.17) is 4.74 Å². The average Bonchev–Trinajstić information content (AvgIpc) is 3.27. The van der Waals surface area contributed by atoms with Crippen molar-refractivity contribution in [1.82, 2.24) is 15.0 Å². The van der Waals surface area contributed by atoms with Crippen LogP contribution < -0.4 is 10.1 Å². The molecule has 1 aliphatic rings.